The molecule has 0 amide bonds. The van der Waals surface area contributed by atoms with Gasteiger partial charge < -0.3 is 9.84 Å². The number of ether oxygens (including phenoxy) is 1. The second kappa shape index (κ2) is 6.66. The first-order valence-corrected chi connectivity index (χ1v) is 6.75. The van der Waals surface area contributed by atoms with Crippen LogP contribution in [-0.2, 0) is 16.1 Å². The van der Waals surface area contributed by atoms with Gasteiger partial charge in [-0.1, -0.05) is 6.07 Å². The van der Waals surface area contributed by atoms with Gasteiger partial charge in [0.15, 0.2) is 0 Å². The Kier molecular flexibility index (Phi) is 4.89. The van der Waals surface area contributed by atoms with E-state index in [1.165, 1.54) is 25.3 Å². The zero-order valence-corrected chi connectivity index (χ0v) is 11.8. The van der Waals surface area contributed by atoms with Crippen LogP contribution in [0.3, 0.4) is 0 Å². The topological polar surface area (TPSA) is 73.6 Å². The molecule has 112 valence electrons. The Morgan fingerprint density at radius 2 is 2.38 bits per heavy atom. The lowest BCUT2D eigenvalue weighted by Crippen LogP contribution is -2.52. The van der Waals surface area contributed by atoms with Gasteiger partial charge in [0, 0.05) is 6.54 Å². The number of hydrogen-bond donors (Lipinski definition) is 1. The fourth-order valence-electron chi connectivity index (χ4n) is 2.66. The Labute approximate surface area is 122 Å². The van der Waals surface area contributed by atoms with Crippen molar-refractivity contribution in [3.8, 4) is 6.07 Å². The number of carbonyl (C=O) groups is 1. The predicted octanol–water partition coefficient (Wildman–Crippen LogP) is 1.20. The molecule has 6 heteroatoms. The normalized spacial score (nSPS) is 22.6. The number of nitriles is 1. The molecule has 21 heavy (non-hydrogen) atoms. The molecule has 1 N–H and O–H groups in total. The number of benzene rings is 1. The highest BCUT2D eigenvalue weighted by Crippen LogP contribution is 2.22. The van der Waals surface area contributed by atoms with Crippen molar-refractivity contribution in [3.63, 3.8) is 0 Å². The van der Waals surface area contributed by atoms with Crippen molar-refractivity contribution in [1.29, 1.82) is 5.26 Å². The van der Waals surface area contributed by atoms with E-state index < -0.39 is 23.9 Å². The van der Waals surface area contributed by atoms with Crippen molar-refractivity contribution >= 4 is 5.97 Å². The molecule has 2 atom stereocenters. The number of esters is 1. The molecule has 0 saturated carbocycles. The van der Waals surface area contributed by atoms with Crippen molar-refractivity contribution in [1.82, 2.24) is 4.90 Å². The van der Waals surface area contributed by atoms with Gasteiger partial charge in [-0.25, -0.2) is 4.39 Å². The van der Waals surface area contributed by atoms with Crippen molar-refractivity contribution in [3.05, 3.63) is 35.1 Å². The van der Waals surface area contributed by atoms with Gasteiger partial charge >= 0.3 is 5.97 Å². The van der Waals surface area contributed by atoms with Gasteiger partial charge in [-0.2, -0.15) is 5.26 Å². The molecule has 1 saturated heterocycles. The van der Waals surface area contributed by atoms with Gasteiger partial charge in [-0.3, -0.25) is 9.69 Å². The number of carbonyl (C=O) groups excluding carboxylic acids is 1. The third-order valence-electron chi connectivity index (χ3n) is 3.71. The average Bonchev–Trinajstić information content (AvgIpc) is 2.48. The maximum atomic E-state index is 13.2. The van der Waals surface area contributed by atoms with Crippen LogP contribution in [0.25, 0.3) is 0 Å². The van der Waals surface area contributed by atoms with E-state index in [1.807, 2.05) is 6.07 Å². The summed E-state index contributed by atoms with van der Waals surface area (Å²) in [6, 6.07) is 5.18. The summed E-state index contributed by atoms with van der Waals surface area (Å²) in [5, 5.41) is 19.1. The third kappa shape index (κ3) is 3.38. The maximum absolute atomic E-state index is 13.2. The summed E-state index contributed by atoms with van der Waals surface area (Å²) in [6.07, 6.45) is 0.486. The molecule has 0 bridgehead atoms. The Bertz CT molecular complexity index is 571. The van der Waals surface area contributed by atoms with Gasteiger partial charge in [0.05, 0.1) is 24.8 Å². The smallest absolute Gasteiger partial charge is 0.325 e. The minimum Gasteiger partial charge on any atom is -0.468 e. The molecule has 0 radical (unpaired) electrons. The summed E-state index contributed by atoms with van der Waals surface area (Å²) in [6.45, 7) is 0.902. The first-order chi connectivity index (χ1) is 10.1. The van der Waals surface area contributed by atoms with E-state index in [1.54, 1.807) is 4.90 Å². The highest BCUT2D eigenvalue weighted by molar-refractivity contribution is 5.76. The van der Waals surface area contributed by atoms with E-state index in [0.717, 1.165) is 6.42 Å². The van der Waals surface area contributed by atoms with Crippen LogP contribution in [0.4, 0.5) is 4.39 Å². The number of aliphatic hydroxyl groups is 1. The average molecular weight is 292 g/mol. The molecule has 1 heterocycles. The van der Waals surface area contributed by atoms with Gasteiger partial charge in [0.1, 0.15) is 11.9 Å². The lowest BCUT2D eigenvalue weighted by molar-refractivity contribution is -0.154. The van der Waals surface area contributed by atoms with Crippen LogP contribution in [0, 0.1) is 17.1 Å². The second-order valence-electron chi connectivity index (χ2n) is 5.06. The summed E-state index contributed by atoms with van der Waals surface area (Å²) in [4.78, 5) is 13.6. The molecule has 1 aromatic rings. The molecule has 1 aliphatic heterocycles. The molecule has 2 rings (SSSR count). The zero-order chi connectivity index (χ0) is 15.4. The Hall–Kier alpha value is -1.97. The fraction of sp³-hybridized carbons (Fsp3) is 0.467. The SMILES string of the molecule is COC(=O)[C@H]1[C@H](O)CCCN1Cc1ccc(F)cc1C#N. The quantitative estimate of drug-likeness (QED) is 0.847. The van der Waals surface area contributed by atoms with Crippen LogP contribution in [0.15, 0.2) is 18.2 Å². The first-order valence-electron chi connectivity index (χ1n) is 6.75. The molecule has 1 aromatic carbocycles. The molecular formula is C15H17FN2O3. The van der Waals surface area contributed by atoms with Gasteiger partial charge in [-0.05, 0) is 37.1 Å². The van der Waals surface area contributed by atoms with Crippen molar-refractivity contribution in [2.75, 3.05) is 13.7 Å². The van der Waals surface area contributed by atoms with Crippen LogP contribution in [0.5, 0.6) is 0 Å². The summed E-state index contributed by atoms with van der Waals surface area (Å²) in [7, 11) is 1.28. The number of nitrogens with zero attached hydrogens (tertiary/aromatic N) is 2. The third-order valence-corrected chi connectivity index (χ3v) is 3.71. The number of piperidine rings is 1. The lowest BCUT2D eigenvalue weighted by Gasteiger charge is -2.37. The largest absolute Gasteiger partial charge is 0.468 e. The summed E-state index contributed by atoms with van der Waals surface area (Å²) < 4.78 is 17.9. The van der Waals surface area contributed by atoms with Crippen LogP contribution in [-0.4, -0.2) is 41.8 Å². The van der Waals surface area contributed by atoms with Crippen molar-refractivity contribution in [2.24, 2.45) is 0 Å². The van der Waals surface area contributed by atoms with Crippen molar-refractivity contribution < 1.29 is 19.0 Å². The first kappa shape index (κ1) is 15.4. The monoisotopic (exact) mass is 292 g/mol. The number of aliphatic hydroxyl groups excluding tert-OH is 1. The number of rotatable bonds is 3. The van der Waals surface area contributed by atoms with E-state index >= 15 is 0 Å². The van der Waals surface area contributed by atoms with Crippen LogP contribution in [0.1, 0.15) is 24.0 Å². The number of hydrogen-bond acceptors (Lipinski definition) is 5. The highest BCUT2D eigenvalue weighted by atomic mass is 19.1. The Morgan fingerprint density at radius 1 is 1.62 bits per heavy atom. The van der Waals surface area contributed by atoms with Crippen LogP contribution in [0.2, 0.25) is 0 Å². The number of methoxy groups -OCH3 is 1. The standard InChI is InChI=1S/C15H17FN2O3/c1-21-15(20)14-13(19)3-2-6-18(14)9-10-4-5-12(16)7-11(10)8-17/h4-5,7,13-14,19H,2-3,6,9H2,1H3/t13-,14-/m1/s1. The molecular weight excluding hydrogens is 275 g/mol. The maximum Gasteiger partial charge on any atom is 0.325 e. The van der Waals surface area contributed by atoms with E-state index in [4.69, 9.17) is 10.00 Å². The molecule has 5 nitrogen and oxygen atoms in total. The molecule has 0 aromatic heterocycles. The highest BCUT2D eigenvalue weighted by Gasteiger charge is 2.36. The minimum absolute atomic E-state index is 0.235. The zero-order valence-electron chi connectivity index (χ0n) is 11.8. The summed E-state index contributed by atoms with van der Waals surface area (Å²) >= 11 is 0. The molecule has 1 aliphatic rings. The summed E-state index contributed by atoms with van der Waals surface area (Å²) in [5.41, 5.74) is 0.862. The van der Waals surface area contributed by atoms with Gasteiger partial charge in [0.2, 0.25) is 0 Å². The molecule has 0 unspecified atom stereocenters. The minimum atomic E-state index is -0.794. The van der Waals surface area contributed by atoms with E-state index in [2.05, 4.69) is 0 Å². The van der Waals surface area contributed by atoms with Crippen LogP contribution >= 0.6 is 0 Å². The predicted molar refractivity (Wildman–Crippen MR) is 72.6 cm³/mol. The second-order valence-corrected chi connectivity index (χ2v) is 5.06. The van der Waals surface area contributed by atoms with Gasteiger partial charge in [-0.15, -0.1) is 0 Å². The molecule has 0 aliphatic carbocycles. The van der Waals surface area contributed by atoms with E-state index in [-0.39, 0.29) is 5.56 Å². The summed E-state index contributed by atoms with van der Waals surface area (Å²) in [5.74, 6) is -0.971. The number of likely N-dealkylation sites (tertiary alicyclic amines) is 1. The van der Waals surface area contributed by atoms with Crippen molar-refractivity contribution in [2.45, 2.75) is 31.5 Å². The number of halogens is 1. The Morgan fingerprint density at radius 3 is 3.05 bits per heavy atom. The molecule has 0 spiro atoms. The van der Waals surface area contributed by atoms with Crippen LogP contribution < -0.4 is 0 Å². The Balaban J connectivity index is 2.24. The van der Waals surface area contributed by atoms with E-state index in [0.29, 0.717) is 25.1 Å². The molecule has 1 fully saturated rings. The fourth-order valence-corrected chi connectivity index (χ4v) is 2.66. The van der Waals surface area contributed by atoms with E-state index in [9.17, 15) is 14.3 Å². The van der Waals surface area contributed by atoms with Gasteiger partial charge in [0.25, 0.3) is 0 Å². The lowest BCUT2D eigenvalue weighted by atomic mass is 9.97.